The van der Waals surface area contributed by atoms with Gasteiger partial charge in [0.1, 0.15) is 5.56 Å². The van der Waals surface area contributed by atoms with Crippen LogP contribution in [0.5, 0.6) is 0 Å². The van der Waals surface area contributed by atoms with Crippen molar-refractivity contribution in [2.24, 2.45) is 0 Å². The fraction of sp³-hybridized carbons (Fsp3) is 0.158. The Morgan fingerprint density at radius 2 is 1.97 bits per heavy atom. The number of thiazole rings is 1. The van der Waals surface area contributed by atoms with Gasteiger partial charge in [-0.15, -0.1) is 0 Å². The lowest BCUT2D eigenvalue weighted by Crippen LogP contribution is -2.34. The van der Waals surface area contributed by atoms with Gasteiger partial charge in [0.15, 0.2) is 10.2 Å². The molecule has 0 radical (unpaired) electrons. The van der Waals surface area contributed by atoms with Crippen molar-refractivity contribution in [1.82, 2.24) is 10.3 Å². The van der Waals surface area contributed by atoms with Crippen LogP contribution in [-0.4, -0.2) is 26.8 Å². The number of anilines is 2. The van der Waals surface area contributed by atoms with Crippen molar-refractivity contribution in [2.45, 2.75) is 19.8 Å². The van der Waals surface area contributed by atoms with Crippen LogP contribution >= 0.6 is 23.6 Å². The van der Waals surface area contributed by atoms with Crippen LogP contribution in [-0.2, 0) is 4.79 Å². The maximum Gasteiger partial charge on any atom is 0.282 e. The lowest BCUT2D eigenvalue weighted by Gasteiger charge is -2.09. The first kappa shape index (κ1) is 21.3. The summed E-state index contributed by atoms with van der Waals surface area (Å²) in [4.78, 5) is 38.9. The van der Waals surface area contributed by atoms with Crippen LogP contribution in [0.1, 0.15) is 30.1 Å². The first-order valence-electron chi connectivity index (χ1n) is 8.93. The van der Waals surface area contributed by atoms with E-state index in [2.05, 4.69) is 20.9 Å². The molecule has 0 spiro atoms. The zero-order valence-corrected chi connectivity index (χ0v) is 17.4. The number of carbonyl (C=O) groups excluding carboxylic acids is 2. The normalized spacial score (nSPS) is 10.4. The van der Waals surface area contributed by atoms with E-state index in [0.29, 0.717) is 22.8 Å². The van der Waals surface area contributed by atoms with Crippen molar-refractivity contribution >= 4 is 67.2 Å². The summed E-state index contributed by atoms with van der Waals surface area (Å²) >= 11 is 6.47. The van der Waals surface area contributed by atoms with Crippen LogP contribution in [0, 0.1) is 10.1 Å². The van der Waals surface area contributed by atoms with Crippen LogP contribution in [0.3, 0.4) is 0 Å². The van der Waals surface area contributed by atoms with Gasteiger partial charge in [0.05, 0.1) is 15.1 Å². The zero-order chi connectivity index (χ0) is 21.7. The molecule has 0 fully saturated rings. The lowest BCUT2D eigenvalue weighted by atomic mass is 10.1. The van der Waals surface area contributed by atoms with Crippen LogP contribution < -0.4 is 16.0 Å². The topological polar surface area (TPSA) is 126 Å². The minimum absolute atomic E-state index is 0.00140. The molecule has 0 atom stereocenters. The summed E-state index contributed by atoms with van der Waals surface area (Å²) in [6, 6.07) is 10.9. The monoisotopic (exact) mass is 443 g/mol. The predicted octanol–water partition coefficient (Wildman–Crippen LogP) is 4.07. The smallest absolute Gasteiger partial charge is 0.282 e. The predicted molar refractivity (Wildman–Crippen MR) is 120 cm³/mol. The van der Waals surface area contributed by atoms with Gasteiger partial charge in [-0.25, -0.2) is 4.98 Å². The Morgan fingerprint density at radius 1 is 1.20 bits per heavy atom. The van der Waals surface area contributed by atoms with Gasteiger partial charge in [0, 0.05) is 18.2 Å². The third-order valence-corrected chi connectivity index (χ3v) is 5.08. The van der Waals surface area contributed by atoms with Crippen LogP contribution in [0.4, 0.5) is 16.5 Å². The number of amides is 2. The molecule has 0 saturated carbocycles. The highest BCUT2D eigenvalue weighted by Crippen LogP contribution is 2.28. The number of nitrogens with one attached hydrogen (secondary N) is 3. The van der Waals surface area contributed by atoms with Gasteiger partial charge in [-0.05, 0) is 42.9 Å². The van der Waals surface area contributed by atoms with Crippen molar-refractivity contribution in [3.8, 4) is 0 Å². The van der Waals surface area contributed by atoms with E-state index in [4.69, 9.17) is 12.2 Å². The fourth-order valence-electron chi connectivity index (χ4n) is 2.62. The van der Waals surface area contributed by atoms with Crippen LogP contribution in [0.15, 0.2) is 42.5 Å². The summed E-state index contributed by atoms with van der Waals surface area (Å²) in [5.74, 6) is -0.770. The Hall–Kier alpha value is -3.44. The average Bonchev–Trinajstić information content (AvgIpc) is 3.09. The Kier molecular flexibility index (Phi) is 6.65. The molecule has 2 amide bonds. The van der Waals surface area contributed by atoms with Gasteiger partial charge >= 0.3 is 0 Å². The molecule has 0 aliphatic heterocycles. The highest BCUT2D eigenvalue weighted by atomic mass is 32.1. The number of benzene rings is 2. The summed E-state index contributed by atoms with van der Waals surface area (Å²) in [6.45, 7) is 1.92. The van der Waals surface area contributed by atoms with Crippen molar-refractivity contribution in [3.05, 3.63) is 58.1 Å². The number of rotatable bonds is 6. The molecule has 0 aliphatic rings. The molecule has 1 heterocycles. The molecule has 3 N–H and O–H groups in total. The Balaban J connectivity index is 1.68. The SMILES string of the molecule is CCCC(=O)Nc1nc2ccc(NC(=S)NC(=O)c3ccccc3[N+](=O)[O-])cc2s1. The molecule has 0 aliphatic carbocycles. The molecular formula is C19H17N5O4S2. The van der Waals surface area contributed by atoms with Gasteiger partial charge < -0.3 is 10.6 Å². The van der Waals surface area contributed by atoms with E-state index >= 15 is 0 Å². The van der Waals surface area contributed by atoms with Crippen LogP contribution in [0.25, 0.3) is 10.2 Å². The van der Waals surface area contributed by atoms with Gasteiger partial charge in [0.25, 0.3) is 11.6 Å². The van der Waals surface area contributed by atoms with E-state index in [1.54, 1.807) is 18.2 Å². The third kappa shape index (κ3) is 5.13. The Bertz CT molecular complexity index is 1140. The van der Waals surface area contributed by atoms with E-state index in [-0.39, 0.29) is 22.3 Å². The molecule has 30 heavy (non-hydrogen) atoms. The highest BCUT2D eigenvalue weighted by Gasteiger charge is 2.20. The number of para-hydroxylation sites is 1. The highest BCUT2D eigenvalue weighted by molar-refractivity contribution is 7.80. The second kappa shape index (κ2) is 9.37. The van der Waals surface area contributed by atoms with Crippen LogP contribution in [0.2, 0.25) is 0 Å². The zero-order valence-electron chi connectivity index (χ0n) is 15.8. The fourth-order valence-corrected chi connectivity index (χ4v) is 3.75. The number of carbonyl (C=O) groups is 2. The molecule has 9 nitrogen and oxygen atoms in total. The number of fused-ring (bicyclic) bond motifs is 1. The average molecular weight is 444 g/mol. The summed E-state index contributed by atoms with van der Waals surface area (Å²) in [5, 5.41) is 19.7. The van der Waals surface area contributed by atoms with E-state index in [1.165, 1.54) is 35.6 Å². The molecule has 1 aromatic heterocycles. The Morgan fingerprint density at radius 3 is 2.70 bits per heavy atom. The first-order chi connectivity index (χ1) is 14.4. The number of nitro groups is 1. The van der Waals surface area contributed by atoms with Crippen molar-refractivity contribution in [3.63, 3.8) is 0 Å². The number of nitro benzene ring substituents is 1. The number of thiocarbonyl (C=S) groups is 1. The Labute approximate surface area is 180 Å². The second-order valence-corrected chi connectivity index (χ2v) is 7.62. The van der Waals surface area contributed by atoms with Gasteiger partial charge in [0.2, 0.25) is 5.91 Å². The van der Waals surface area contributed by atoms with E-state index in [1.807, 2.05) is 6.92 Å². The summed E-state index contributed by atoms with van der Waals surface area (Å²) in [7, 11) is 0. The number of nitrogens with zero attached hydrogens (tertiary/aromatic N) is 2. The van der Waals surface area contributed by atoms with Crippen molar-refractivity contribution in [1.29, 1.82) is 0 Å². The maximum atomic E-state index is 12.4. The third-order valence-electron chi connectivity index (χ3n) is 3.94. The summed E-state index contributed by atoms with van der Waals surface area (Å²) in [6.07, 6.45) is 1.18. The van der Waals surface area contributed by atoms with Crippen molar-refractivity contribution < 1.29 is 14.5 Å². The quantitative estimate of drug-likeness (QED) is 0.298. The molecule has 2 aromatic carbocycles. The second-order valence-electron chi connectivity index (χ2n) is 6.18. The van der Waals surface area contributed by atoms with Crippen molar-refractivity contribution in [2.75, 3.05) is 10.6 Å². The van der Waals surface area contributed by atoms with Gasteiger partial charge in [-0.3, -0.25) is 25.0 Å². The van der Waals surface area contributed by atoms with E-state index < -0.39 is 10.8 Å². The number of aromatic nitrogens is 1. The molecule has 3 rings (SSSR count). The molecule has 11 heteroatoms. The number of hydrogen-bond acceptors (Lipinski definition) is 7. The van der Waals surface area contributed by atoms with Gasteiger partial charge in [-0.2, -0.15) is 0 Å². The molecule has 0 bridgehead atoms. The van der Waals surface area contributed by atoms with Gasteiger partial charge in [-0.1, -0.05) is 30.4 Å². The molecular weight excluding hydrogens is 426 g/mol. The summed E-state index contributed by atoms with van der Waals surface area (Å²) in [5.41, 5.74) is 0.927. The molecule has 3 aromatic rings. The minimum Gasteiger partial charge on any atom is -0.332 e. The molecule has 0 saturated heterocycles. The van der Waals surface area contributed by atoms with E-state index in [9.17, 15) is 19.7 Å². The molecule has 154 valence electrons. The largest absolute Gasteiger partial charge is 0.332 e. The number of hydrogen-bond donors (Lipinski definition) is 3. The summed E-state index contributed by atoms with van der Waals surface area (Å²) < 4.78 is 0.819. The lowest BCUT2D eigenvalue weighted by molar-refractivity contribution is -0.385. The van der Waals surface area contributed by atoms with E-state index in [0.717, 1.165) is 11.1 Å². The standard InChI is InChI=1S/C19H17N5O4S2/c1-2-5-16(25)22-19-21-13-9-8-11(10-15(13)30-19)20-18(29)23-17(26)12-6-3-4-7-14(12)24(27)28/h3-4,6-10H,2,5H2,1H3,(H,21,22,25)(H2,20,23,26,29). The minimum atomic E-state index is -0.681. The maximum absolute atomic E-state index is 12.4. The first-order valence-corrected chi connectivity index (χ1v) is 10.2. The molecule has 0 unspecified atom stereocenters.